The minimum Gasteiger partial charge on any atom is -0.355 e. The van der Waals surface area contributed by atoms with E-state index < -0.39 is 41.7 Å². The summed E-state index contributed by atoms with van der Waals surface area (Å²) >= 11 is 6.41. The molecule has 2 heterocycles. The van der Waals surface area contributed by atoms with Gasteiger partial charge in [-0.1, -0.05) is 17.7 Å². The summed E-state index contributed by atoms with van der Waals surface area (Å²) in [5.41, 5.74) is -1.60. The summed E-state index contributed by atoms with van der Waals surface area (Å²) in [6, 6.07) is 4.58. The fraction of sp³-hybridized carbons (Fsp3) is 0.655. The zero-order chi connectivity index (χ0) is 32.8. The quantitative estimate of drug-likeness (QED) is 0.277. The Morgan fingerprint density at radius 2 is 1.51 bits per heavy atom. The summed E-state index contributed by atoms with van der Waals surface area (Å²) in [5.74, 6) is -3.30. The molecule has 2 saturated carbocycles. The maximum absolute atomic E-state index is 13.3. The molecule has 0 atom stereocenters. The minimum absolute atomic E-state index is 0.00133. The molecule has 1 aromatic carbocycles. The van der Waals surface area contributed by atoms with Gasteiger partial charge in [-0.3, -0.25) is 4.79 Å². The largest absolute Gasteiger partial charge is 0.403 e. The van der Waals surface area contributed by atoms with E-state index in [1.54, 1.807) is 21.7 Å². The molecule has 0 unspecified atom stereocenters. The van der Waals surface area contributed by atoms with Crippen LogP contribution >= 0.6 is 11.6 Å². The van der Waals surface area contributed by atoms with Crippen LogP contribution in [0.15, 0.2) is 24.4 Å². The number of nitrogens with zero attached hydrogens (tertiary/aromatic N) is 3. The number of imidazole rings is 1. The number of aromatic nitrogens is 2. The van der Waals surface area contributed by atoms with Crippen LogP contribution in [0.3, 0.4) is 0 Å². The smallest absolute Gasteiger partial charge is 0.355 e. The summed E-state index contributed by atoms with van der Waals surface area (Å²) in [4.78, 5) is 18.7. The van der Waals surface area contributed by atoms with Gasteiger partial charge in [0.15, 0.2) is 0 Å². The molecule has 0 bridgehead atoms. The molecule has 16 heteroatoms. The van der Waals surface area contributed by atoms with Gasteiger partial charge in [-0.15, -0.1) is 0 Å². The maximum atomic E-state index is 13.3. The van der Waals surface area contributed by atoms with Crippen LogP contribution in [0.2, 0.25) is 5.02 Å². The van der Waals surface area contributed by atoms with Crippen LogP contribution in [0, 0.1) is 23.2 Å². The first-order valence-electron chi connectivity index (χ1n) is 14.8. The molecule has 1 aliphatic heterocycles. The predicted molar refractivity (Wildman–Crippen MR) is 149 cm³/mol. The first-order valence-corrected chi connectivity index (χ1v) is 15.2. The number of rotatable bonds is 8. The molecule has 45 heavy (non-hydrogen) atoms. The molecule has 2 aromatic rings. The highest BCUT2D eigenvalue weighted by atomic mass is 35.5. The van der Waals surface area contributed by atoms with Crippen LogP contribution in [-0.4, -0.2) is 47.1 Å². The number of hydrogen-bond acceptors (Lipinski definition) is 4. The highest BCUT2D eigenvalue weighted by Gasteiger charge is 2.68. The lowest BCUT2D eigenvalue weighted by Gasteiger charge is -2.33. The van der Waals surface area contributed by atoms with E-state index in [2.05, 4.69) is 15.6 Å². The van der Waals surface area contributed by atoms with E-state index in [0.29, 0.717) is 36.5 Å². The number of piperidine rings is 1. The fourth-order valence-electron chi connectivity index (χ4n) is 6.19. The Balaban J connectivity index is 1.32. The lowest BCUT2D eigenvalue weighted by Crippen LogP contribution is -2.40. The van der Waals surface area contributed by atoms with Crippen molar-refractivity contribution in [2.45, 2.75) is 83.0 Å². The average Bonchev–Trinajstić information content (AvgIpc) is 3.70. The molecule has 3 fully saturated rings. The third-order valence-electron chi connectivity index (χ3n) is 9.27. The van der Waals surface area contributed by atoms with E-state index in [-0.39, 0.29) is 75.0 Å². The Labute approximate surface area is 258 Å². The molecule has 0 radical (unpaired) electrons. The lowest BCUT2D eigenvalue weighted by atomic mass is 9.81. The SMILES string of the molecule is O=C(NCc1ccc(Cl)c(Nc2nc(N3CCC(C(F)(F)F)CC3)cn2CC2CCC(C(F)(F)F)CC2)c1)C1(C(F)(F)F)CC1. The molecule has 6 nitrogen and oxygen atoms in total. The minimum atomic E-state index is -4.65. The monoisotopic (exact) mass is 673 g/mol. The number of halogens is 10. The Kier molecular flexibility index (Phi) is 9.24. The predicted octanol–water partition coefficient (Wildman–Crippen LogP) is 8.39. The van der Waals surface area contributed by atoms with Crippen molar-refractivity contribution in [3.05, 3.63) is 35.0 Å². The van der Waals surface area contributed by atoms with Gasteiger partial charge in [-0.2, -0.15) is 44.5 Å². The van der Waals surface area contributed by atoms with E-state index in [4.69, 9.17) is 11.6 Å². The topological polar surface area (TPSA) is 62.2 Å². The number of carbonyl (C=O) groups is 1. The molecule has 1 saturated heterocycles. The second kappa shape index (κ2) is 12.4. The van der Waals surface area contributed by atoms with Crippen molar-refractivity contribution in [1.29, 1.82) is 0 Å². The molecule has 5 rings (SSSR count). The number of amides is 1. The van der Waals surface area contributed by atoms with Crippen LogP contribution in [0.5, 0.6) is 0 Å². The second-order valence-electron chi connectivity index (χ2n) is 12.3. The maximum Gasteiger partial charge on any atom is 0.403 e. The van der Waals surface area contributed by atoms with Gasteiger partial charge >= 0.3 is 18.5 Å². The van der Waals surface area contributed by atoms with Gasteiger partial charge in [-0.05, 0) is 75.0 Å². The van der Waals surface area contributed by atoms with E-state index in [0.717, 1.165) is 0 Å². The van der Waals surface area contributed by atoms with Crippen molar-refractivity contribution in [1.82, 2.24) is 14.9 Å². The summed E-state index contributed by atoms with van der Waals surface area (Å²) in [6.07, 6.45) is -11.6. The number of nitrogens with one attached hydrogen (secondary N) is 2. The van der Waals surface area contributed by atoms with Gasteiger partial charge in [0.2, 0.25) is 11.9 Å². The molecule has 3 aliphatic rings. The molecular weight excluding hydrogens is 641 g/mol. The molecule has 2 N–H and O–H groups in total. The lowest BCUT2D eigenvalue weighted by molar-refractivity contribution is -0.192. The Hall–Kier alpha value is -2.84. The van der Waals surface area contributed by atoms with Crippen molar-refractivity contribution >= 4 is 35.0 Å². The number of benzene rings is 1. The Morgan fingerprint density at radius 1 is 0.911 bits per heavy atom. The molecule has 0 spiro atoms. The summed E-state index contributed by atoms with van der Waals surface area (Å²) in [7, 11) is 0. The highest BCUT2D eigenvalue weighted by Crippen LogP contribution is 2.57. The van der Waals surface area contributed by atoms with E-state index in [1.165, 1.54) is 12.1 Å². The fourth-order valence-corrected chi connectivity index (χ4v) is 6.36. The van der Waals surface area contributed by atoms with Gasteiger partial charge < -0.3 is 20.1 Å². The van der Waals surface area contributed by atoms with Crippen molar-refractivity contribution in [2.75, 3.05) is 23.3 Å². The molecule has 250 valence electrons. The van der Waals surface area contributed by atoms with Crippen LogP contribution in [0.25, 0.3) is 0 Å². The van der Waals surface area contributed by atoms with Crippen LogP contribution in [-0.2, 0) is 17.9 Å². The number of hydrogen-bond donors (Lipinski definition) is 2. The Morgan fingerprint density at radius 3 is 2.07 bits per heavy atom. The van der Waals surface area contributed by atoms with Crippen molar-refractivity contribution < 1.29 is 44.3 Å². The van der Waals surface area contributed by atoms with Crippen LogP contribution < -0.4 is 15.5 Å². The zero-order valence-corrected chi connectivity index (χ0v) is 24.8. The van der Waals surface area contributed by atoms with Gasteiger partial charge in [0.1, 0.15) is 11.2 Å². The molecular formula is C29H33ClF9N5O. The third kappa shape index (κ3) is 7.60. The van der Waals surface area contributed by atoms with E-state index in [9.17, 15) is 44.3 Å². The van der Waals surface area contributed by atoms with Crippen LogP contribution in [0.1, 0.15) is 56.9 Å². The van der Waals surface area contributed by atoms with Crippen molar-refractivity contribution in [3.63, 3.8) is 0 Å². The summed E-state index contributed by atoms with van der Waals surface area (Å²) in [5, 5.41) is 5.66. The average molecular weight is 674 g/mol. The number of alkyl halides is 9. The molecule has 1 aromatic heterocycles. The first-order chi connectivity index (χ1) is 21.0. The van der Waals surface area contributed by atoms with Crippen molar-refractivity contribution in [2.24, 2.45) is 23.2 Å². The normalized spacial score (nSPS) is 22.8. The molecule has 1 amide bonds. The van der Waals surface area contributed by atoms with E-state index >= 15 is 0 Å². The Bertz CT molecular complexity index is 1350. The van der Waals surface area contributed by atoms with E-state index in [1.807, 2.05) is 0 Å². The third-order valence-corrected chi connectivity index (χ3v) is 9.60. The van der Waals surface area contributed by atoms with Gasteiger partial charge in [0.05, 0.1) is 22.5 Å². The molecule has 2 aliphatic carbocycles. The summed E-state index contributed by atoms with van der Waals surface area (Å²) < 4.78 is 121. The second-order valence-corrected chi connectivity index (χ2v) is 12.7. The van der Waals surface area contributed by atoms with Crippen LogP contribution in [0.4, 0.5) is 57.0 Å². The van der Waals surface area contributed by atoms with Gasteiger partial charge in [0, 0.05) is 32.4 Å². The van der Waals surface area contributed by atoms with Gasteiger partial charge in [-0.25, -0.2) is 0 Å². The standard InChI is InChI=1S/C29H33ClF9N5O/c30-21-6-3-18(14-40-24(45)26(9-10-26)29(37,38)39)13-22(21)41-25-42-23(43-11-7-20(8-12-43)28(34,35)36)16-44(25)15-17-1-4-19(5-2-17)27(31,32)33/h3,6,13,16-17,19-20H,1-2,4-5,7-12,14-15H2,(H,40,45)(H,41,42). The number of carbonyl (C=O) groups excluding carboxylic acids is 1. The van der Waals surface area contributed by atoms with Crippen molar-refractivity contribution in [3.8, 4) is 0 Å². The highest BCUT2D eigenvalue weighted by molar-refractivity contribution is 6.33. The van der Waals surface area contributed by atoms with Gasteiger partial charge in [0.25, 0.3) is 0 Å². The summed E-state index contributed by atoms with van der Waals surface area (Å²) in [6.45, 7) is 0.351. The number of anilines is 3. The zero-order valence-electron chi connectivity index (χ0n) is 24.1. The first kappa shape index (κ1) is 33.5.